The first kappa shape index (κ1) is 21.7. The van der Waals surface area contributed by atoms with E-state index in [-0.39, 0.29) is 16.6 Å². The summed E-state index contributed by atoms with van der Waals surface area (Å²) in [7, 11) is -1.83. The molecular formula is C24H24N4O3S. The van der Waals surface area contributed by atoms with Gasteiger partial charge in [0.15, 0.2) is 0 Å². The molecule has 1 aromatic heterocycles. The number of ether oxygens (including phenoxy) is 1. The molecule has 0 spiro atoms. The average molecular weight is 449 g/mol. The topological polar surface area (TPSA) is 84.4 Å². The lowest BCUT2D eigenvalue weighted by Gasteiger charge is -2.18. The maximum atomic E-state index is 12.8. The van der Waals surface area contributed by atoms with Gasteiger partial charge in [0.05, 0.1) is 15.9 Å². The lowest BCUT2D eigenvalue weighted by molar-refractivity contribution is 0.228. The molecule has 0 saturated carbocycles. The Labute approximate surface area is 187 Å². The number of hydrogen-bond acceptors (Lipinski definition) is 6. The van der Waals surface area contributed by atoms with Crippen LogP contribution < -0.4 is 9.46 Å². The Hall–Kier alpha value is -3.49. The second kappa shape index (κ2) is 9.76. The van der Waals surface area contributed by atoms with Crippen LogP contribution in [0.4, 0.5) is 5.82 Å². The molecule has 3 aromatic carbocycles. The van der Waals surface area contributed by atoms with Gasteiger partial charge in [-0.3, -0.25) is 9.62 Å². The minimum absolute atomic E-state index is 0.0678. The summed E-state index contributed by atoms with van der Waals surface area (Å²) in [6.07, 6.45) is 0. The van der Waals surface area contributed by atoms with Crippen molar-refractivity contribution in [1.82, 2.24) is 14.9 Å². The summed E-state index contributed by atoms with van der Waals surface area (Å²) in [4.78, 5) is 11.2. The Morgan fingerprint density at radius 3 is 2.12 bits per heavy atom. The zero-order valence-corrected chi connectivity index (χ0v) is 18.5. The van der Waals surface area contributed by atoms with Crippen LogP contribution in [0.2, 0.25) is 0 Å². The highest BCUT2D eigenvalue weighted by molar-refractivity contribution is 7.92. The van der Waals surface area contributed by atoms with Gasteiger partial charge in [0.25, 0.3) is 15.9 Å². The second-order valence-corrected chi connectivity index (χ2v) is 9.04. The number of aromatic nitrogens is 2. The summed E-state index contributed by atoms with van der Waals surface area (Å²) in [6.45, 7) is 1.74. The number of sulfonamides is 1. The number of anilines is 1. The first-order valence-corrected chi connectivity index (χ1v) is 11.7. The van der Waals surface area contributed by atoms with Crippen LogP contribution in [0.25, 0.3) is 11.0 Å². The van der Waals surface area contributed by atoms with Crippen molar-refractivity contribution in [2.75, 3.05) is 24.9 Å². The minimum Gasteiger partial charge on any atom is -0.474 e. The fourth-order valence-corrected chi connectivity index (χ4v) is 4.23. The number of hydrogen-bond donors (Lipinski definition) is 1. The second-order valence-electron chi connectivity index (χ2n) is 7.36. The molecule has 32 heavy (non-hydrogen) atoms. The standard InChI is InChI=1S/C24H24N4O3S/c1-28(18-19-10-4-2-5-11-19)16-17-31-24-23(25-21-14-8-9-15-22(21)26-24)27-32(29,30)20-12-6-3-7-13-20/h2-15H,16-18H2,1H3,(H,25,27). The molecule has 7 nitrogen and oxygen atoms in total. The van der Waals surface area contributed by atoms with Crippen LogP contribution in [0.1, 0.15) is 5.56 Å². The van der Waals surface area contributed by atoms with E-state index in [1.54, 1.807) is 24.3 Å². The van der Waals surface area contributed by atoms with Gasteiger partial charge in [-0.2, -0.15) is 0 Å². The number of likely N-dealkylation sites (N-methyl/N-ethyl adjacent to an activating group) is 1. The normalized spacial score (nSPS) is 11.6. The monoisotopic (exact) mass is 448 g/mol. The van der Waals surface area contributed by atoms with E-state index in [4.69, 9.17) is 4.74 Å². The van der Waals surface area contributed by atoms with E-state index in [1.807, 2.05) is 43.4 Å². The third-order valence-corrected chi connectivity index (χ3v) is 6.19. The Balaban J connectivity index is 1.52. The van der Waals surface area contributed by atoms with E-state index >= 15 is 0 Å². The maximum absolute atomic E-state index is 12.8. The molecule has 164 valence electrons. The number of fused-ring (bicyclic) bond motifs is 1. The van der Waals surface area contributed by atoms with E-state index in [0.29, 0.717) is 24.2 Å². The van der Waals surface area contributed by atoms with Gasteiger partial charge in [0.1, 0.15) is 6.61 Å². The Bertz CT molecular complexity index is 1280. The molecule has 0 aliphatic heterocycles. The third-order valence-electron chi connectivity index (χ3n) is 4.83. The highest BCUT2D eigenvalue weighted by Gasteiger charge is 2.19. The van der Waals surface area contributed by atoms with E-state index < -0.39 is 10.0 Å². The van der Waals surface area contributed by atoms with Crippen molar-refractivity contribution in [3.8, 4) is 5.88 Å². The van der Waals surface area contributed by atoms with Crippen molar-refractivity contribution < 1.29 is 13.2 Å². The van der Waals surface area contributed by atoms with Gasteiger partial charge in [0, 0.05) is 13.1 Å². The highest BCUT2D eigenvalue weighted by atomic mass is 32.2. The molecule has 0 unspecified atom stereocenters. The molecule has 1 heterocycles. The van der Waals surface area contributed by atoms with Crippen molar-refractivity contribution in [1.29, 1.82) is 0 Å². The lowest BCUT2D eigenvalue weighted by atomic mass is 10.2. The third kappa shape index (κ3) is 5.40. The van der Waals surface area contributed by atoms with Crippen molar-refractivity contribution in [3.63, 3.8) is 0 Å². The first-order chi connectivity index (χ1) is 15.5. The first-order valence-electron chi connectivity index (χ1n) is 10.2. The number of nitrogens with zero attached hydrogens (tertiary/aromatic N) is 3. The number of nitrogens with one attached hydrogen (secondary N) is 1. The van der Waals surface area contributed by atoms with Crippen molar-refractivity contribution in [3.05, 3.63) is 90.5 Å². The van der Waals surface area contributed by atoms with E-state index in [9.17, 15) is 8.42 Å². The maximum Gasteiger partial charge on any atom is 0.263 e. The van der Waals surface area contributed by atoms with E-state index in [2.05, 4.69) is 31.7 Å². The average Bonchev–Trinajstić information content (AvgIpc) is 2.80. The molecule has 4 aromatic rings. The molecule has 4 rings (SSSR count). The van der Waals surface area contributed by atoms with Crippen molar-refractivity contribution >= 4 is 26.9 Å². The summed E-state index contributed by atoms with van der Waals surface area (Å²) in [5.74, 6) is 0.217. The van der Waals surface area contributed by atoms with Crippen LogP contribution >= 0.6 is 0 Å². The van der Waals surface area contributed by atoms with E-state index in [1.165, 1.54) is 17.7 Å². The smallest absolute Gasteiger partial charge is 0.263 e. The molecule has 0 bridgehead atoms. The predicted molar refractivity (Wildman–Crippen MR) is 125 cm³/mol. The summed E-state index contributed by atoms with van der Waals surface area (Å²) in [5.41, 5.74) is 2.41. The zero-order chi connectivity index (χ0) is 22.4. The SMILES string of the molecule is CN(CCOc1nc2ccccc2nc1NS(=O)(=O)c1ccccc1)Cc1ccccc1. The van der Waals surface area contributed by atoms with Crippen LogP contribution in [0, 0.1) is 0 Å². The largest absolute Gasteiger partial charge is 0.474 e. The zero-order valence-electron chi connectivity index (χ0n) is 17.7. The molecule has 0 amide bonds. The molecular weight excluding hydrogens is 424 g/mol. The predicted octanol–water partition coefficient (Wildman–Crippen LogP) is 3.94. The number of rotatable bonds is 9. The van der Waals surface area contributed by atoms with Gasteiger partial charge in [0.2, 0.25) is 5.82 Å². The highest BCUT2D eigenvalue weighted by Crippen LogP contribution is 2.26. The molecule has 0 aliphatic carbocycles. The minimum atomic E-state index is -3.83. The molecule has 0 atom stereocenters. The molecule has 8 heteroatoms. The van der Waals surface area contributed by atoms with Gasteiger partial charge >= 0.3 is 0 Å². The van der Waals surface area contributed by atoms with Gasteiger partial charge in [-0.15, -0.1) is 0 Å². The Kier molecular flexibility index (Phi) is 6.63. The van der Waals surface area contributed by atoms with Crippen LogP contribution in [0.5, 0.6) is 5.88 Å². The number of para-hydroxylation sites is 2. The van der Waals surface area contributed by atoms with Gasteiger partial charge < -0.3 is 4.74 Å². The Morgan fingerprint density at radius 2 is 1.44 bits per heavy atom. The van der Waals surface area contributed by atoms with Gasteiger partial charge in [-0.25, -0.2) is 18.4 Å². The Morgan fingerprint density at radius 1 is 0.844 bits per heavy atom. The summed E-state index contributed by atoms with van der Waals surface area (Å²) in [6, 6.07) is 25.6. The summed E-state index contributed by atoms with van der Waals surface area (Å²) >= 11 is 0. The van der Waals surface area contributed by atoms with Crippen LogP contribution in [-0.4, -0.2) is 43.5 Å². The molecule has 0 fully saturated rings. The molecule has 0 aliphatic rings. The summed E-state index contributed by atoms with van der Waals surface area (Å²) in [5, 5.41) is 0. The van der Waals surface area contributed by atoms with Gasteiger partial charge in [-0.05, 0) is 36.9 Å². The fraction of sp³-hybridized carbons (Fsp3) is 0.167. The van der Waals surface area contributed by atoms with Gasteiger partial charge in [-0.1, -0.05) is 60.7 Å². The fourth-order valence-electron chi connectivity index (χ4n) is 3.21. The van der Waals surface area contributed by atoms with Crippen LogP contribution in [0.3, 0.4) is 0 Å². The lowest BCUT2D eigenvalue weighted by Crippen LogP contribution is -2.24. The molecule has 1 N–H and O–H groups in total. The van der Waals surface area contributed by atoms with Crippen molar-refractivity contribution in [2.45, 2.75) is 11.4 Å². The van der Waals surface area contributed by atoms with Crippen LogP contribution in [-0.2, 0) is 16.6 Å². The van der Waals surface area contributed by atoms with Crippen LogP contribution in [0.15, 0.2) is 89.8 Å². The molecule has 0 radical (unpaired) electrons. The summed E-state index contributed by atoms with van der Waals surface area (Å²) < 4.78 is 34.1. The van der Waals surface area contributed by atoms with Crippen molar-refractivity contribution in [2.24, 2.45) is 0 Å². The number of benzene rings is 3. The van der Waals surface area contributed by atoms with E-state index in [0.717, 1.165) is 6.54 Å². The molecule has 0 saturated heterocycles. The quantitative estimate of drug-likeness (QED) is 0.418.